The van der Waals surface area contributed by atoms with Gasteiger partial charge in [-0.25, -0.2) is 0 Å². The quantitative estimate of drug-likeness (QED) is 0.787. The second-order valence-corrected chi connectivity index (χ2v) is 6.32. The van der Waals surface area contributed by atoms with Crippen LogP contribution >= 0.6 is 0 Å². The Kier molecular flexibility index (Phi) is 5.55. The zero-order valence-electron chi connectivity index (χ0n) is 14.6. The molecule has 2 heterocycles. The highest BCUT2D eigenvalue weighted by atomic mass is 16.6. The summed E-state index contributed by atoms with van der Waals surface area (Å²) in [5.41, 5.74) is 1.13. The van der Waals surface area contributed by atoms with Gasteiger partial charge in [-0.2, -0.15) is 5.10 Å². The van der Waals surface area contributed by atoms with Crippen LogP contribution in [0.1, 0.15) is 12.5 Å². The van der Waals surface area contributed by atoms with Gasteiger partial charge in [-0.3, -0.25) is 9.48 Å². The van der Waals surface area contributed by atoms with Gasteiger partial charge < -0.3 is 20.1 Å². The molecule has 1 aromatic carbocycles. The van der Waals surface area contributed by atoms with E-state index >= 15 is 0 Å². The Hall–Kier alpha value is -2.54. The summed E-state index contributed by atoms with van der Waals surface area (Å²) in [6, 6.07) is 7.68. The minimum Gasteiger partial charge on any atom is -0.486 e. The molecule has 3 rings (SSSR count). The van der Waals surface area contributed by atoms with Gasteiger partial charge in [0, 0.05) is 12.2 Å². The van der Waals surface area contributed by atoms with E-state index in [1.807, 2.05) is 55.2 Å². The molecule has 2 N–H and O–H groups in total. The van der Waals surface area contributed by atoms with Crippen molar-refractivity contribution < 1.29 is 14.3 Å². The largest absolute Gasteiger partial charge is 0.486 e. The normalized spacial score (nSPS) is 17.1. The number of hydrogen-bond acceptors (Lipinski definition) is 5. The van der Waals surface area contributed by atoms with Gasteiger partial charge in [0.25, 0.3) is 0 Å². The maximum Gasteiger partial charge on any atom is 0.234 e. The molecule has 0 radical (unpaired) electrons. The van der Waals surface area contributed by atoms with Gasteiger partial charge in [0.1, 0.15) is 12.7 Å². The van der Waals surface area contributed by atoms with Crippen molar-refractivity contribution in [3.8, 4) is 11.5 Å². The number of rotatable bonds is 7. The molecular formula is C18H24N4O3. The molecule has 2 aromatic rings. The third-order valence-corrected chi connectivity index (χ3v) is 3.93. The molecule has 25 heavy (non-hydrogen) atoms. The number of ether oxygens (including phenoxy) is 2. The number of hydrogen-bond donors (Lipinski definition) is 2. The maximum atomic E-state index is 12.0. The van der Waals surface area contributed by atoms with Crippen LogP contribution in [-0.4, -0.2) is 47.5 Å². The molecule has 7 nitrogen and oxygen atoms in total. The Morgan fingerprint density at radius 2 is 2.20 bits per heavy atom. The topological polar surface area (TPSA) is 77.4 Å². The van der Waals surface area contributed by atoms with Gasteiger partial charge in [0.15, 0.2) is 11.5 Å². The second-order valence-electron chi connectivity index (χ2n) is 6.32. The lowest BCUT2D eigenvalue weighted by Crippen LogP contribution is -2.45. The summed E-state index contributed by atoms with van der Waals surface area (Å²) in [7, 11) is 0. The number of nitrogens with one attached hydrogen (secondary N) is 2. The molecule has 0 spiro atoms. The average molecular weight is 344 g/mol. The molecule has 0 saturated carbocycles. The minimum atomic E-state index is -0.177. The average Bonchev–Trinajstić information content (AvgIpc) is 3.02. The fourth-order valence-electron chi connectivity index (χ4n) is 2.63. The summed E-state index contributed by atoms with van der Waals surface area (Å²) in [5.74, 6) is 1.40. The van der Waals surface area contributed by atoms with Crippen LogP contribution in [0.3, 0.4) is 0 Å². The second kappa shape index (κ2) is 8.02. The molecule has 134 valence electrons. The van der Waals surface area contributed by atoms with Crippen molar-refractivity contribution in [1.82, 2.24) is 20.4 Å². The highest BCUT2D eigenvalue weighted by Crippen LogP contribution is 2.30. The van der Waals surface area contributed by atoms with Crippen molar-refractivity contribution in [2.45, 2.75) is 32.5 Å². The molecule has 0 bridgehead atoms. The van der Waals surface area contributed by atoms with E-state index in [1.165, 1.54) is 0 Å². The van der Waals surface area contributed by atoms with Crippen LogP contribution in [0.25, 0.3) is 0 Å². The fraction of sp³-hybridized carbons (Fsp3) is 0.444. The van der Waals surface area contributed by atoms with Gasteiger partial charge in [-0.05, 0) is 31.5 Å². The third-order valence-electron chi connectivity index (χ3n) is 3.93. The summed E-state index contributed by atoms with van der Waals surface area (Å²) < 4.78 is 13.3. The zero-order chi connectivity index (χ0) is 17.6. The maximum absolute atomic E-state index is 12.0. The zero-order valence-corrected chi connectivity index (χ0v) is 14.6. The Bertz CT molecular complexity index is 716. The van der Waals surface area contributed by atoms with Gasteiger partial charge in [-0.15, -0.1) is 0 Å². The summed E-state index contributed by atoms with van der Waals surface area (Å²) in [5, 5.41) is 10.3. The van der Waals surface area contributed by atoms with E-state index in [-0.39, 0.29) is 24.6 Å². The van der Waals surface area contributed by atoms with Crippen LogP contribution in [0.2, 0.25) is 0 Å². The van der Waals surface area contributed by atoms with Crippen LogP contribution in [0.15, 0.2) is 36.7 Å². The summed E-state index contributed by atoms with van der Waals surface area (Å²) in [6.07, 6.45) is 3.63. The summed E-state index contributed by atoms with van der Waals surface area (Å²) in [4.78, 5) is 12.0. The van der Waals surface area contributed by atoms with E-state index in [0.717, 1.165) is 17.9 Å². The van der Waals surface area contributed by atoms with E-state index in [2.05, 4.69) is 15.7 Å². The highest BCUT2D eigenvalue weighted by Gasteiger charge is 2.21. The van der Waals surface area contributed by atoms with Gasteiger partial charge >= 0.3 is 0 Å². The first-order chi connectivity index (χ1) is 12.1. The van der Waals surface area contributed by atoms with Crippen LogP contribution < -0.4 is 20.1 Å². The number of aryl methyl sites for hydroxylation is 1. The number of nitrogens with zero attached hydrogens (tertiary/aromatic N) is 2. The van der Waals surface area contributed by atoms with Crippen molar-refractivity contribution in [1.29, 1.82) is 0 Å². The number of fused-ring (bicyclic) bond motifs is 1. The lowest BCUT2D eigenvalue weighted by atomic mass is 10.2. The van der Waals surface area contributed by atoms with Crippen molar-refractivity contribution in [3.63, 3.8) is 0 Å². The molecule has 0 fully saturated rings. The fourth-order valence-corrected chi connectivity index (χ4v) is 2.63. The number of aromatic nitrogens is 2. The standard InChI is InChI=1S/C18H24N4O3/c1-13-7-21-22(10-13)11-14(2)19-9-18(23)20-8-15-12-24-16-5-3-4-6-17(16)25-15/h3-7,10,14-15,19H,8-9,11-12H2,1-2H3,(H,20,23). The smallest absolute Gasteiger partial charge is 0.234 e. The molecule has 1 aromatic heterocycles. The third kappa shape index (κ3) is 4.96. The molecular weight excluding hydrogens is 320 g/mol. The molecule has 2 unspecified atom stereocenters. The molecule has 7 heteroatoms. The molecule has 1 amide bonds. The highest BCUT2D eigenvalue weighted by molar-refractivity contribution is 5.78. The van der Waals surface area contributed by atoms with Crippen molar-refractivity contribution >= 4 is 5.91 Å². The van der Waals surface area contributed by atoms with E-state index < -0.39 is 0 Å². The minimum absolute atomic E-state index is 0.0639. The Morgan fingerprint density at radius 1 is 1.40 bits per heavy atom. The van der Waals surface area contributed by atoms with Crippen LogP contribution in [0.5, 0.6) is 11.5 Å². The van der Waals surface area contributed by atoms with E-state index in [4.69, 9.17) is 9.47 Å². The number of amides is 1. The number of carbonyl (C=O) groups is 1. The predicted molar refractivity (Wildman–Crippen MR) is 93.8 cm³/mol. The van der Waals surface area contributed by atoms with E-state index in [9.17, 15) is 4.79 Å². The van der Waals surface area contributed by atoms with Crippen molar-refractivity contribution in [2.75, 3.05) is 19.7 Å². The summed E-state index contributed by atoms with van der Waals surface area (Å²) in [6.45, 7) is 5.86. The number of benzene rings is 1. The molecule has 1 aliphatic heterocycles. The number of carbonyl (C=O) groups excluding carboxylic acids is 1. The lowest BCUT2D eigenvalue weighted by molar-refractivity contribution is -0.120. The number of para-hydroxylation sites is 2. The Morgan fingerprint density at radius 3 is 2.96 bits per heavy atom. The molecule has 0 saturated heterocycles. The van der Waals surface area contributed by atoms with Crippen molar-refractivity contribution in [2.24, 2.45) is 0 Å². The van der Waals surface area contributed by atoms with Crippen LogP contribution in [-0.2, 0) is 11.3 Å². The van der Waals surface area contributed by atoms with Gasteiger partial charge in [0.05, 0.1) is 25.8 Å². The predicted octanol–water partition coefficient (Wildman–Crippen LogP) is 1.13. The Balaban J connectivity index is 1.36. The molecule has 2 atom stereocenters. The van der Waals surface area contributed by atoms with Gasteiger partial charge in [0.2, 0.25) is 5.91 Å². The molecule has 1 aliphatic rings. The monoisotopic (exact) mass is 344 g/mol. The summed E-state index contributed by atoms with van der Waals surface area (Å²) >= 11 is 0. The lowest BCUT2D eigenvalue weighted by Gasteiger charge is -2.26. The van der Waals surface area contributed by atoms with Gasteiger partial charge in [-0.1, -0.05) is 12.1 Å². The first-order valence-corrected chi connectivity index (χ1v) is 8.48. The Labute approximate surface area is 147 Å². The van der Waals surface area contributed by atoms with Crippen molar-refractivity contribution in [3.05, 3.63) is 42.2 Å². The van der Waals surface area contributed by atoms with Crippen LogP contribution in [0.4, 0.5) is 0 Å². The van der Waals surface area contributed by atoms with E-state index in [1.54, 1.807) is 0 Å². The van der Waals surface area contributed by atoms with E-state index in [0.29, 0.717) is 18.9 Å². The molecule has 0 aliphatic carbocycles. The first-order valence-electron chi connectivity index (χ1n) is 8.48. The SMILES string of the molecule is Cc1cnn(CC(C)NCC(=O)NCC2COc3ccccc3O2)c1. The first kappa shape index (κ1) is 17.3. The van der Waals surface area contributed by atoms with Crippen LogP contribution in [0, 0.1) is 6.92 Å².